The Hall–Kier alpha value is -1.75. The summed E-state index contributed by atoms with van der Waals surface area (Å²) in [4.78, 5) is 20.1. The van der Waals surface area contributed by atoms with Crippen molar-refractivity contribution >= 4 is 34.6 Å². The molecule has 2 aliphatic heterocycles. The number of amides is 1. The fourth-order valence-electron chi connectivity index (χ4n) is 3.77. The molecule has 4 rings (SSSR count). The number of nitrogens with one attached hydrogen (secondary N) is 1. The predicted molar refractivity (Wildman–Crippen MR) is 106 cm³/mol. The van der Waals surface area contributed by atoms with Crippen molar-refractivity contribution in [3.05, 3.63) is 34.7 Å². The van der Waals surface area contributed by atoms with E-state index in [4.69, 9.17) is 4.99 Å². The number of carbonyl (C=O) groups excluding carboxylic acids is 1. The van der Waals surface area contributed by atoms with Gasteiger partial charge in [-0.1, -0.05) is 25.0 Å². The van der Waals surface area contributed by atoms with Crippen molar-refractivity contribution < 1.29 is 4.79 Å². The molecule has 0 atom stereocenters. The normalized spacial score (nSPS) is 25.1. The zero-order valence-corrected chi connectivity index (χ0v) is 15.4. The van der Waals surface area contributed by atoms with Crippen LogP contribution in [0, 0.1) is 0 Å². The van der Waals surface area contributed by atoms with Gasteiger partial charge in [-0.05, 0) is 67.6 Å². The Morgan fingerprint density at radius 1 is 1.04 bits per heavy atom. The number of rotatable bonds is 3. The van der Waals surface area contributed by atoms with Gasteiger partial charge in [-0.25, -0.2) is 0 Å². The van der Waals surface area contributed by atoms with Gasteiger partial charge in [-0.3, -0.25) is 9.79 Å². The summed E-state index contributed by atoms with van der Waals surface area (Å²) in [6.07, 6.45) is 10.7. The molecule has 1 aliphatic carbocycles. The second-order valence-corrected chi connectivity index (χ2v) is 8.11. The molecule has 0 radical (unpaired) electrons. The quantitative estimate of drug-likeness (QED) is 0.827. The first-order valence-corrected chi connectivity index (χ1v) is 10.2. The van der Waals surface area contributed by atoms with Crippen molar-refractivity contribution in [2.75, 3.05) is 18.0 Å². The van der Waals surface area contributed by atoms with Crippen LogP contribution >= 0.6 is 11.8 Å². The van der Waals surface area contributed by atoms with Crippen LogP contribution in [-0.4, -0.2) is 30.2 Å². The van der Waals surface area contributed by atoms with E-state index in [0.717, 1.165) is 41.6 Å². The lowest BCUT2D eigenvalue weighted by Gasteiger charge is -2.28. The maximum absolute atomic E-state index is 12.2. The number of hydrogen-bond acceptors (Lipinski definition) is 4. The van der Waals surface area contributed by atoms with Gasteiger partial charge in [0.15, 0.2) is 5.17 Å². The van der Waals surface area contributed by atoms with Crippen LogP contribution in [0.4, 0.5) is 5.69 Å². The van der Waals surface area contributed by atoms with Gasteiger partial charge in [0.25, 0.3) is 5.91 Å². The number of amidine groups is 1. The highest BCUT2D eigenvalue weighted by Crippen LogP contribution is 2.29. The van der Waals surface area contributed by atoms with Crippen LogP contribution in [0.15, 0.2) is 34.2 Å². The molecule has 0 spiro atoms. The first kappa shape index (κ1) is 16.7. The highest BCUT2D eigenvalue weighted by atomic mass is 32.2. The molecule has 1 saturated carbocycles. The molecule has 1 N–H and O–H groups in total. The highest BCUT2D eigenvalue weighted by Gasteiger charge is 2.25. The molecule has 1 aromatic rings. The average Bonchev–Trinajstić information content (AvgIpc) is 3.27. The molecule has 1 aromatic carbocycles. The Morgan fingerprint density at radius 2 is 1.76 bits per heavy atom. The fraction of sp³-hybridized carbons (Fsp3) is 0.500. The summed E-state index contributed by atoms with van der Waals surface area (Å²) in [6, 6.07) is 8.95. The van der Waals surface area contributed by atoms with E-state index in [0.29, 0.717) is 6.04 Å². The number of thioether (sulfide) groups is 1. The summed E-state index contributed by atoms with van der Waals surface area (Å²) in [5.74, 6) is -0.0261. The standard InChI is InChI=1S/C20H25N3OS/c24-19-18(25-20(22-19)21-16-6-2-3-7-16)14-15-8-10-17(11-9-15)23-12-4-1-5-13-23/h8-11,14,16H,1-7,12-13H2,(H,21,22,24)/b18-14+. The Morgan fingerprint density at radius 3 is 2.48 bits per heavy atom. The molecular formula is C20H25N3OS. The van der Waals surface area contributed by atoms with E-state index in [9.17, 15) is 4.79 Å². The largest absolute Gasteiger partial charge is 0.372 e. The van der Waals surface area contributed by atoms with Gasteiger partial charge in [0.05, 0.1) is 10.9 Å². The molecule has 3 fully saturated rings. The molecule has 25 heavy (non-hydrogen) atoms. The van der Waals surface area contributed by atoms with E-state index in [1.807, 2.05) is 6.08 Å². The van der Waals surface area contributed by atoms with E-state index in [1.54, 1.807) is 0 Å². The molecule has 132 valence electrons. The third-order valence-electron chi connectivity index (χ3n) is 5.19. The van der Waals surface area contributed by atoms with Crippen molar-refractivity contribution in [1.82, 2.24) is 5.32 Å². The smallest absolute Gasteiger partial charge is 0.264 e. The lowest BCUT2D eigenvalue weighted by molar-refractivity contribution is -0.115. The minimum absolute atomic E-state index is 0.0261. The second kappa shape index (κ2) is 7.65. The minimum Gasteiger partial charge on any atom is -0.372 e. The molecule has 1 amide bonds. The Labute approximate surface area is 153 Å². The van der Waals surface area contributed by atoms with Crippen molar-refractivity contribution in [2.45, 2.75) is 51.0 Å². The van der Waals surface area contributed by atoms with Crippen molar-refractivity contribution in [3.8, 4) is 0 Å². The van der Waals surface area contributed by atoms with Gasteiger partial charge >= 0.3 is 0 Å². The maximum Gasteiger partial charge on any atom is 0.264 e. The number of hydrogen-bond donors (Lipinski definition) is 1. The van der Waals surface area contributed by atoms with E-state index < -0.39 is 0 Å². The molecule has 4 nitrogen and oxygen atoms in total. The molecule has 5 heteroatoms. The second-order valence-electron chi connectivity index (χ2n) is 7.08. The molecule has 2 saturated heterocycles. The lowest BCUT2D eigenvalue weighted by atomic mass is 10.1. The van der Waals surface area contributed by atoms with Crippen LogP contribution in [0.25, 0.3) is 6.08 Å². The predicted octanol–water partition coefficient (Wildman–Crippen LogP) is 4.18. The van der Waals surface area contributed by atoms with Crippen LogP contribution < -0.4 is 10.2 Å². The first-order valence-electron chi connectivity index (χ1n) is 9.42. The zero-order valence-electron chi connectivity index (χ0n) is 14.5. The van der Waals surface area contributed by atoms with E-state index in [1.165, 1.54) is 49.6 Å². The van der Waals surface area contributed by atoms with Gasteiger partial charge in [0.1, 0.15) is 0 Å². The van der Waals surface area contributed by atoms with Gasteiger partial charge in [-0.15, -0.1) is 0 Å². The van der Waals surface area contributed by atoms with Gasteiger partial charge in [0.2, 0.25) is 0 Å². The third-order valence-corrected chi connectivity index (χ3v) is 6.11. The van der Waals surface area contributed by atoms with E-state index in [2.05, 4.69) is 34.5 Å². The Bertz CT molecular complexity index is 683. The van der Waals surface area contributed by atoms with Crippen molar-refractivity contribution in [1.29, 1.82) is 0 Å². The molecule has 3 aliphatic rings. The summed E-state index contributed by atoms with van der Waals surface area (Å²) in [6.45, 7) is 2.30. The number of benzene rings is 1. The Balaban J connectivity index is 1.44. The summed E-state index contributed by atoms with van der Waals surface area (Å²) in [5, 5.41) is 3.68. The monoisotopic (exact) mass is 355 g/mol. The summed E-state index contributed by atoms with van der Waals surface area (Å²) in [5.41, 5.74) is 2.36. The van der Waals surface area contributed by atoms with Crippen molar-refractivity contribution in [2.24, 2.45) is 4.99 Å². The van der Waals surface area contributed by atoms with E-state index >= 15 is 0 Å². The molecule has 0 unspecified atom stereocenters. The number of anilines is 1. The summed E-state index contributed by atoms with van der Waals surface area (Å²) in [7, 11) is 0. The fourth-order valence-corrected chi connectivity index (χ4v) is 4.66. The third kappa shape index (κ3) is 4.09. The zero-order chi connectivity index (χ0) is 17.1. The number of nitrogens with zero attached hydrogens (tertiary/aromatic N) is 2. The van der Waals surface area contributed by atoms with Crippen molar-refractivity contribution in [3.63, 3.8) is 0 Å². The highest BCUT2D eigenvalue weighted by molar-refractivity contribution is 8.18. The van der Waals surface area contributed by atoms with Crippen LogP contribution in [0.3, 0.4) is 0 Å². The molecule has 2 heterocycles. The summed E-state index contributed by atoms with van der Waals surface area (Å²) < 4.78 is 0. The van der Waals surface area contributed by atoms with Gasteiger partial charge < -0.3 is 10.2 Å². The van der Waals surface area contributed by atoms with Gasteiger partial charge in [0, 0.05) is 18.8 Å². The number of aliphatic imine (C=N–C) groups is 1. The van der Waals surface area contributed by atoms with Crippen LogP contribution in [0.2, 0.25) is 0 Å². The minimum atomic E-state index is -0.0261. The molecular weight excluding hydrogens is 330 g/mol. The van der Waals surface area contributed by atoms with Crippen LogP contribution in [0.5, 0.6) is 0 Å². The lowest BCUT2D eigenvalue weighted by Crippen LogP contribution is -2.29. The topological polar surface area (TPSA) is 44.7 Å². The summed E-state index contributed by atoms with van der Waals surface area (Å²) >= 11 is 1.47. The number of piperidine rings is 1. The van der Waals surface area contributed by atoms with Crippen LogP contribution in [-0.2, 0) is 4.79 Å². The Kier molecular flexibility index (Phi) is 5.11. The number of carbonyl (C=O) groups is 1. The average molecular weight is 356 g/mol. The molecule has 0 aromatic heterocycles. The SMILES string of the molecule is O=C1NC(=NC2CCCC2)S/C1=C/c1ccc(N2CCCCC2)cc1. The van der Waals surface area contributed by atoms with E-state index in [-0.39, 0.29) is 5.91 Å². The molecule has 0 bridgehead atoms. The van der Waals surface area contributed by atoms with Gasteiger partial charge in [-0.2, -0.15) is 0 Å². The maximum atomic E-state index is 12.2. The first-order chi connectivity index (χ1) is 12.3. The van der Waals surface area contributed by atoms with Crippen LogP contribution in [0.1, 0.15) is 50.5 Å².